The highest BCUT2D eigenvalue weighted by Crippen LogP contribution is 2.26. The van der Waals surface area contributed by atoms with Crippen LogP contribution in [0, 0.1) is 0 Å². The topological polar surface area (TPSA) is 81.1 Å². The third-order valence-corrected chi connectivity index (χ3v) is 4.30. The normalized spacial score (nSPS) is 30.6. The molecule has 0 saturated carbocycles. The van der Waals surface area contributed by atoms with Crippen molar-refractivity contribution >= 4 is 12.0 Å². The zero-order chi connectivity index (χ0) is 14.7. The van der Waals surface area contributed by atoms with Gasteiger partial charge in [0.05, 0.1) is 6.10 Å². The van der Waals surface area contributed by atoms with E-state index in [0.717, 1.165) is 32.1 Å². The van der Waals surface area contributed by atoms with Crippen molar-refractivity contribution in [2.45, 2.75) is 63.6 Å². The van der Waals surface area contributed by atoms with E-state index in [1.807, 2.05) is 4.90 Å². The van der Waals surface area contributed by atoms with Crippen LogP contribution in [0.3, 0.4) is 0 Å². The maximum absolute atomic E-state index is 12.6. The lowest BCUT2D eigenvalue weighted by atomic mass is 9.98. The molecule has 2 aliphatic heterocycles. The summed E-state index contributed by atoms with van der Waals surface area (Å²) >= 11 is 0. The monoisotopic (exact) mass is 284 g/mol. The number of piperidine rings is 1. The van der Waals surface area contributed by atoms with Gasteiger partial charge in [-0.3, -0.25) is 0 Å². The summed E-state index contributed by atoms with van der Waals surface area (Å²) in [5.74, 6) is -1.03. The number of likely N-dealkylation sites (tertiary alicyclic amines) is 2. The van der Waals surface area contributed by atoms with Crippen molar-refractivity contribution in [2.75, 3.05) is 13.1 Å². The van der Waals surface area contributed by atoms with Gasteiger partial charge < -0.3 is 20.0 Å². The van der Waals surface area contributed by atoms with Crippen LogP contribution in [-0.2, 0) is 4.79 Å². The van der Waals surface area contributed by atoms with Gasteiger partial charge in [0.15, 0.2) is 0 Å². The number of carboxylic acids is 1. The average Bonchev–Trinajstić information content (AvgIpc) is 2.81. The molecule has 2 saturated heterocycles. The van der Waals surface area contributed by atoms with E-state index in [0.29, 0.717) is 6.54 Å². The molecule has 0 aromatic rings. The molecule has 0 radical (unpaired) electrons. The molecule has 2 aliphatic rings. The highest BCUT2D eigenvalue weighted by Gasteiger charge is 2.42. The Balaban J connectivity index is 2.09. The van der Waals surface area contributed by atoms with Crippen LogP contribution < -0.4 is 0 Å². The average molecular weight is 284 g/mol. The summed E-state index contributed by atoms with van der Waals surface area (Å²) in [4.78, 5) is 27.0. The maximum Gasteiger partial charge on any atom is 0.326 e. The molecule has 20 heavy (non-hydrogen) atoms. The second-order valence-electron chi connectivity index (χ2n) is 5.81. The van der Waals surface area contributed by atoms with E-state index in [4.69, 9.17) is 0 Å². The molecule has 6 nitrogen and oxygen atoms in total. The van der Waals surface area contributed by atoms with Crippen LogP contribution in [0.25, 0.3) is 0 Å². The molecule has 3 atom stereocenters. The van der Waals surface area contributed by atoms with E-state index >= 15 is 0 Å². The quantitative estimate of drug-likeness (QED) is 0.818. The highest BCUT2D eigenvalue weighted by molar-refractivity contribution is 5.83. The molecular weight excluding hydrogens is 260 g/mol. The van der Waals surface area contributed by atoms with Crippen molar-refractivity contribution in [3.05, 3.63) is 0 Å². The molecule has 0 bridgehead atoms. The number of hydrogen-bond acceptors (Lipinski definition) is 3. The number of carbonyl (C=O) groups is 2. The fourth-order valence-electron chi connectivity index (χ4n) is 3.31. The first-order valence-corrected chi connectivity index (χ1v) is 7.52. The number of hydrogen-bond donors (Lipinski definition) is 2. The Hall–Kier alpha value is -1.30. The zero-order valence-electron chi connectivity index (χ0n) is 12.0. The fraction of sp³-hybridized carbons (Fsp3) is 0.857. The van der Waals surface area contributed by atoms with E-state index in [-0.39, 0.29) is 25.0 Å². The highest BCUT2D eigenvalue weighted by atomic mass is 16.4. The van der Waals surface area contributed by atoms with Gasteiger partial charge in [-0.05, 0) is 25.7 Å². The number of nitrogens with zero attached hydrogens (tertiary/aromatic N) is 2. The van der Waals surface area contributed by atoms with Gasteiger partial charge in [-0.25, -0.2) is 9.59 Å². The number of aliphatic hydroxyl groups is 1. The molecule has 0 aliphatic carbocycles. The molecule has 2 rings (SSSR count). The Morgan fingerprint density at radius 3 is 2.65 bits per heavy atom. The zero-order valence-corrected chi connectivity index (χ0v) is 12.0. The number of aliphatic carboxylic acids is 1. The number of urea groups is 1. The molecule has 114 valence electrons. The smallest absolute Gasteiger partial charge is 0.326 e. The third kappa shape index (κ3) is 3.06. The molecule has 2 N–H and O–H groups in total. The van der Waals surface area contributed by atoms with Gasteiger partial charge in [-0.1, -0.05) is 13.3 Å². The van der Waals surface area contributed by atoms with Gasteiger partial charge in [-0.2, -0.15) is 0 Å². The Kier molecular flexibility index (Phi) is 4.86. The van der Waals surface area contributed by atoms with E-state index < -0.39 is 18.1 Å². The van der Waals surface area contributed by atoms with Gasteiger partial charge in [0.25, 0.3) is 0 Å². The molecule has 2 amide bonds. The summed E-state index contributed by atoms with van der Waals surface area (Å²) in [5, 5.41) is 18.9. The molecule has 2 heterocycles. The first-order valence-electron chi connectivity index (χ1n) is 7.52. The van der Waals surface area contributed by atoms with Gasteiger partial charge >= 0.3 is 12.0 Å². The third-order valence-electron chi connectivity index (χ3n) is 4.30. The van der Waals surface area contributed by atoms with Crippen LogP contribution in [0.2, 0.25) is 0 Å². The fourth-order valence-corrected chi connectivity index (χ4v) is 3.31. The van der Waals surface area contributed by atoms with Crippen molar-refractivity contribution < 1.29 is 19.8 Å². The Morgan fingerprint density at radius 1 is 1.25 bits per heavy atom. The number of amides is 2. The Labute approximate surface area is 119 Å². The van der Waals surface area contributed by atoms with E-state index in [1.165, 1.54) is 4.90 Å². The number of β-amino-alcohol motifs (C(OH)–C–C–N with tert-alkyl or cyclic N) is 1. The Morgan fingerprint density at radius 2 is 2.00 bits per heavy atom. The van der Waals surface area contributed by atoms with Crippen molar-refractivity contribution in [1.29, 1.82) is 0 Å². The number of rotatable bonds is 3. The summed E-state index contributed by atoms with van der Waals surface area (Å²) in [6.07, 6.45) is 4.47. The van der Waals surface area contributed by atoms with Crippen LogP contribution in [0.15, 0.2) is 0 Å². The lowest BCUT2D eigenvalue weighted by molar-refractivity contribution is -0.141. The summed E-state index contributed by atoms with van der Waals surface area (Å²) in [7, 11) is 0. The van der Waals surface area contributed by atoms with Gasteiger partial charge in [0.1, 0.15) is 6.04 Å². The predicted molar refractivity (Wildman–Crippen MR) is 73.4 cm³/mol. The summed E-state index contributed by atoms with van der Waals surface area (Å²) in [5.41, 5.74) is 0. The van der Waals surface area contributed by atoms with Crippen LogP contribution in [0.1, 0.15) is 45.4 Å². The van der Waals surface area contributed by atoms with E-state index in [9.17, 15) is 19.8 Å². The molecule has 1 unspecified atom stereocenters. The SMILES string of the molecule is CCCC1CCCCN1C(=O)N1C[C@H](O)C[C@H]1C(=O)O. The second kappa shape index (κ2) is 6.43. The van der Waals surface area contributed by atoms with Crippen molar-refractivity contribution in [2.24, 2.45) is 0 Å². The van der Waals surface area contributed by atoms with Gasteiger partial charge in [-0.15, -0.1) is 0 Å². The van der Waals surface area contributed by atoms with Crippen LogP contribution in [-0.4, -0.2) is 63.3 Å². The van der Waals surface area contributed by atoms with E-state index in [2.05, 4.69) is 6.92 Å². The van der Waals surface area contributed by atoms with Gasteiger partial charge in [0, 0.05) is 25.6 Å². The summed E-state index contributed by atoms with van der Waals surface area (Å²) < 4.78 is 0. The van der Waals surface area contributed by atoms with Crippen LogP contribution in [0.5, 0.6) is 0 Å². The molecule has 0 aromatic heterocycles. The molecule has 0 aromatic carbocycles. The van der Waals surface area contributed by atoms with Crippen molar-refractivity contribution in [1.82, 2.24) is 9.80 Å². The molecule has 2 fully saturated rings. The minimum atomic E-state index is -1.03. The van der Waals surface area contributed by atoms with Crippen LogP contribution in [0.4, 0.5) is 4.79 Å². The molecule has 0 spiro atoms. The Bertz CT molecular complexity index is 372. The number of carbonyl (C=O) groups excluding carboxylic acids is 1. The summed E-state index contributed by atoms with van der Waals surface area (Å²) in [6, 6.07) is -0.887. The van der Waals surface area contributed by atoms with Gasteiger partial charge in [0.2, 0.25) is 0 Å². The molecule has 6 heteroatoms. The first kappa shape index (κ1) is 15.1. The minimum Gasteiger partial charge on any atom is -0.480 e. The maximum atomic E-state index is 12.6. The second-order valence-corrected chi connectivity index (χ2v) is 5.81. The lowest BCUT2D eigenvalue weighted by Gasteiger charge is -2.39. The summed E-state index contributed by atoms with van der Waals surface area (Å²) in [6.45, 7) is 2.92. The predicted octanol–water partition coefficient (Wildman–Crippen LogP) is 1.28. The molecular formula is C14H24N2O4. The van der Waals surface area contributed by atoms with Crippen molar-refractivity contribution in [3.63, 3.8) is 0 Å². The lowest BCUT2D eigenvalue weighted by Crippen LogP contribution is -2.53. The largest absolute Gasteiger partial charge is 0.480 e. The minimum absolute atomic E-state index is 0.130. The number of carboxylic acid groups (broad SMARTS) is 1. The first-order chi connectivity index (χ1) is 9.54. The number of aliphatic hydroxyl groups excluding tert-OH is 1. The standard InChI is InChI=1S/C14H24N2O4/c1-2-5-10-6-3-4-7-15(10)14(20)16-9-11(17)8-12(16)13(18)19/h10-12,17H,2-9H2,1H3,(H,18,19)/t10?,11-,12+/m1/s1. The van der Waals surface area contributed by atoms with Crippen molar-refractivity contribution in [3.8, 4) is 0 Å². The van der Waals surface area contributed by atoms with Crippen LogP contribution >= 0.6 is 0 Å². The van der Waals surface area contributed by atoms with E-state index in [1.54, 1.807) is 0 Å².